The third kappa shape index (κ3) is 8.79. The van der Waals surface area contributed by atoms with Crippen molar-refractivity contribution in [2.75, 3.05) is 0 Å². The molecular weight excluding hydrogens is 538 g/mol. The summed E-state index contributed by atoms with van der Waals surface area (Å²) in [6.07, 6.45) is 32.2. The molecule has 0 spiro atoms. The second-order valence-electron chi connectivity index (χ2n) is 12.6. The Kier molecular flexibility index (Phi) is 14.0. The van der Waals surface area contributed by atoms with E-state index in [1.165, 1.54) is 83.2 Å². The van der Waals surface area contributed by atoms with Crippen LogP contribution in [0, 0.1) is 0 Å². The van der Waals surface area contributed by atoms with Gasteiger partial charge in [0.05, 0.1) is 0 Å². The van der Waals surface area contributed by atoms with Gasteiger partial charge in [0.15, 0.2) is 0 Å². The Balaban J connectivity index is 0.000000504. The first-order chi connectivity index (χ1) is 18.4. The molecule has 2 aromatic carbocycles. The maximum Gasteiger partial charge on any atom is 0 e. The van der Waals surface area contributed by atoms with Crippen molar-refractivity contribution in [1.82, 2.24) is 0 Å². The van der Waals surface area contributed by atoms with Gasteiger partial charge in [0.25, 0.3) is 0 Å². The SMILES string of the molecule is [Fe].[cH-]1[cH-][cH-][cH-][cH-]1.c1cc(P(C2CCCCC2)C2CCCCC2)[c-](CP(C2CCCCC2)C2CCCCC2)c1. The molecule has 218 valence electrons. The molecular formula is C35H54FeP2-6. The van der Waals surface area contributed by atoms with Gasteiger partial charge in [-0.05, 0) is 74.0 Å². The number of hydrogen-bond acceptors (Lipinski definition) is 0. The van der Waals surface area contributed by atoms with Crippen LogP contribution in [-0.2, 0) is 23.2 Å². The van der Waals surface area contributed by atoms with E-state index < -0.39 is 0 Å². The van der Waals surface area contributed by atoms with Crippen LogP contribution in [0.15, 0.2) is 48.5 Å². The third-order valence-electron chi connectivity index (χ3n) is 10.1. The molecule has 0 radical (unpaired) electrons. The van der Waals surface area contributed by atoms with Crippen LogP contribution in [0.1, 0.15) is 134 Å². The minimum absolute atomic E-state index is 0. The summed E-state index contributed by atoms with van der Waals surface area (Å²) in [5.74, 6) is 0. The normalized spacial score (nSPS) is 22.7. The van der Waals surface area contributed by atoms with E-state index in [4.69, 9.17) is 0 Å². The van der Waals surface area contributed by atoms with E-state index in [-0.39, 0.29) is 32.9 Å². The van der Waals surface area contributed by atoms with E-state index in [9.17, 15) is 0 Å². The van der Waals surface area contributed by atoms with Gasteiger partial charge in [-0.2, -0.15) is 6.07 Å². The van der Waals surface area contributed by atoms with Crippen molar-refractivity contribution in [3.8, 4) is 0 Å². The fraction of sp³-hybridized carbons (Fsp3) is 0.714. The molecule has 0 aromatic heterocycles. The first kappa shape index (κ1) is 31.0. The van der Waals surface area contributed by atoms with Crippen LogP contribution < -0.4 is 5.30 Å². The summed E-state index contributed by atoms with van der Waals surface area (Å²) in [6, 6.07) is 17.8. The smallest absolute Gasteiger partial charge is 0 e. The Labute approximate surface area is 248 Å². The van der Waals surface area contributed by atoms with Gasteiger partial charge in [-0.3, -0.25) is 0 Å². The van der Waals surface area contributed by atoms with Gasteiger partial charge in [-0.1, -0.05) is 91.1 Å². The maximum absolute atomic E-state index is 2.65. The fourth-order valence-electron chi connectivity index (χ4n) is 8.14. The van der Waals surface area contributed by atoms with Crippen molar-refractivity contribution < 1.29 is 17.1 Å². The van der Waals surface area contributed by atoms with Crippen molar-refractivity contribution in [2.24, 2.45) is 0 Å². The topological polar surface area (TPSA) is 0 Å². The molecule has 0 N–H and O–H groups in total. The minimum Gasteiger partial charge on any atom is -0.748 e. The predicted molar refractivity (Wildman–Crippen MR) is 169 cm³/mol. The van der Waals surface area contributed by atoms with Crippen LogP contribution in [-0.4, -0.2) is 22.6 Å². The molecule has 3 heteroatoms. The summed E-state index contributed by atoms with van der Waals surface area (Å²) in [5.41, 5.74) is 6.17. The van der Waals surface area contributed by atoms with E-state index in [0.717, 1.165) is 22.6 Å². The van der Waals surface area contributed by atoms with Crippen molar-refractivity contribution >= 4 is 21.1 Å². The summed E-state index contributed by atoms with van der Waals surface area (Å²) in [5, 5.41) is 1.93. The van der Waals surface area contributed by atoms with Crippen molar-refractivity contribution in [3.63, 3.8) is 0 Å². The van der Waals surface area contributed by atoms with Gasteiger partial charge >= 0.3 is 0 Å². The molecule has 0 nitrogen and oxygen atoms in total. The molecule has 0 unspecified atom stereocenters. The first-order valence-electron chi connectivity index (χ1n) is 16.4. The molecule has 0 atom stereocenters. The van der Waals surface area contributed by atoms with Gasteiger partial charge in [0.2, 0.25) is 0 Å². The average molecular weight is 593 g/mol. The van der Waals surface area contributed by atoms with Gasteiger partial charge in [0.1, 0.15) is 0 Å². The van der Waals surface area contributed by atoms with Crippen LogP contribution >= 0.6 is 15.8 Å². The van der Waals surface area contributed by atoms with Crippen LogP contribution in [0.3, 0.4) is 0 Å². The van der Waals surface area contributed by atoms with Crippen molar-refractivity contribution in [1.29, 1.82) is 0 Å². The average Bonchev–Trinajstić information content (AvgIpc) is 3.70. The van der Waals surface area contributed by atoms with Gasteiger partial charge in [0, 0.05) is 17.1 Å². The molecule has 0 bridgehead atoms. The summed E-state index contributed by atoms with van der Waals surface area (Å²) in [7, 11) is 0.256. The third-order valence-corrected chi connectivity index (χ3v) is 17.3. The molecule has 0 saturated heterocycles. The zero-order valence-corrected chi connectivity index (χ0v) is 26.9. The Hall–Kier alpha value is 0.0795. The zero-order chi connectivity index (χ0) is 25.1. The van der Waals surface area contributed by atoms with Crippen LogP contribution in [0.2, 0.25) is 0 Å². The number of rotatable bonds is 7. The largest absolute Gasteiger partial charge is 0.748 e. The number of hydrogen-bond donors (Lipinski definition) is 0. The molecule has 4 aliphatic carbocycles. The summed E-state index contributed by atoms with van der Waals surface area (Å²) >= 11 is 0. The first-order valence-corrected chi connectivity index (χ1v) is 19.5. The molecule has 38 heavy (non-hydrogen) atoms. The Morgan fingerprint density at radius 1 is 0.553 bits per heavy atom. The monoisotopic (exact) mass is 592 g/mol. The van der Waals surface area contributed by atoms with E-state index in [1.807, 2.05) is 41.2 Å². The minimum atomic E-state index is 0. The molecule has 2 aromatic rings. The second-order valence-corrected chi connectivity index (χ2v) is 18.2. The van der Waals surface area contributed by atoms with Crippen LogP contribution in [0.5, 0.6) is 0 Å². The predicted octanol–water partition coefficient (Wildman–Crippen LogP) is 11.2. The maximum atomic E-state index is 2.65. The molecule has 0 heterocycles. The summed E-state index contributed by atoms with van der Waals surface area (Å²) in [6.45, 7) is 0. The molecule has 0 amide bonds. The van der Waals surface area contributed by atoms with E-state index in [2.05, 4.69) is 18.2 Å². The molecule has 6 rings (SSSR count). The quantitative estimate of drug-likeness (QED) is 0.170. The summed E-state index contributed by atoms with van der Waals surface area (Å²) in [4.78, 5) is 0. The van der Waals surface area contributed by atoms with Crippen LogP contribution in [0.25, 0.3) is 0 Å². The molecule has 4 saturated carbocycles. The Morgan fingerprint density at radius 3 is 1.32 bits per heavy atom. The zero-order valence-electron chi connectivity index (χ0n) is 24.0. The standard InChI is InChI=1S/C30H49P2.C5H5.Fe/c1-5-15-26(16-6-1)31(27-17-7-2-8-18-27)24-25-14-13-23-30(25)32(28-19-9-3-10-20-28)29-21-11-4-12-22-29;1-2-4-5-3-1;/h13-14,23,26-29H,1-12,15-22,24H2;1-5H;/q-1;-5;. The van der Waals surface area contributed by atoms with Gasteiger partial charge in [-0.25, -0.2) is 12.1 Å². The molecule has 0 aliphatic heterocycles. The van der Waals surface area contributed by atoms with Gasteiger partial charge in [-0.15, -0.1) is 18.8 Å². The Bertz CT molecular complexity index is 780. The van der Waals surface area contributed by atoms with E-state index in [0.29, 0.717) is 0 Å². The molecule has 4 fully saturated rings. The van der Waals surface area contributed by atoms with Crippen molar-refractivity contribution in [3.05, 3.63) is 54.1 Å². The fourth-order valence-corrected chi connectivity index (χ4v) is 16.1. The summed E-state index contributed by atoms with van der Waals surface area (Å²) < 4.78 is 0. The van der Waals surface area contributed by atoms with E-state index >= 15 is 0 Å². The van der Waals surface area contributed by atoms with Gasteiger partial charge < -0.3 is 30.3 Å². The van der Waals surface area contributed by atoms with Crippen LogP contribution in [0.4, 0.5) is 0 Å². The van der Waals surface area contributed by atoms with E-state index in [1.54, 1.807) is 51.4 Å². The van der Waals surface area contributed by atoms with Crippen molar-refractivity contribution in [2.45, 2.75) is 157 Å². The Morgan fingerprint density at radius 2 is 0.921 bits per heavy atom. The second kappa shape index (κ2) is 17.1. The molecule has 4 aliphatic rings.